The predicted molar refractivity (Wildman–Crippen MR) is 49.6 cm³/mol. The molecule has 0 aliphatic heterocycles. The van der Waals surface area contributed by atoms with Crippen molar-refractivity contribution in [2.45, 2.75) is 20.3 Å². The predicted octanol–water partition coefficient (Wildman–Crippen LogP) is -0.0130. The third-order valence-corrected chi connectivity index (χ3v) is 1.68. The Bertz CT molecular complexity index is 237. The molecular weight excluding hydrogens is 186 g/mol. The molecule has 14 heavy (non-hydrogen) atoms. The number of rotatable bonds is 5. The first kappa shape index (κ1) is 12.6. The van der Waals surface area contributed by atoms with Crippen molar-refractivity contribution < 1.29 is 19.1 Å². The number of amides is 1. The maximum absolute atomic E-state index is 11.0. The van der Waals surface area contributed by atoms with Gasteiger partial charge in [-0.3, -0.25) is 9.59 Å². The van der Waals surface area contributed by atoms with Gasteiger partial charge in [0.2, 0.25) is 11.7 Å². The summed E-state index contributed by atoms with van der Waals surface area (Å²) in [6.45, 7) is 3.26. The van der Waals surface area contributed by atoms with Gasteiger partial charge in [-0.05, 0) is 0 Å². The van der Waals surface area contributed by atoms with Gasteiger partial charge in [0.15, 0.2) is 0 Å². The molecule has 0 bridgehead atoms. The topological polar surface area (TPSA) is 63.7 Å². The number of carbonyl (C=O) groups excluding carboxylic acids is 3. The van der Waals surface area contributed by atoms with Crippen molar-refractivity contribution in [1.82, 2.24) is 4.90 Å². The summed E-state index contributed by atoms with van der Waals surface area (Å²) in [5, 5.41) is 0. The van der Waals surface area contributed by atoms with Gasteiger partial charge in [-0.1, -0.05) is 6.92 Å². The Balaban J connectivity index is 3.69. The van der Waals surface area contributed by atoms with Crippen LogP contribution in [0.15, 0.2) is 0 Å². The molecule has 0 spiro atoms. The second kappa shape index (κ2) is 6.12. The Hall–Kier alpha value is -1.39. The fraction of sp³-hybridized carbons (Fsp3) is 0.667. The number of likely N-dealkylation sites (N-methyl/N-ethyl adjacent to an activating group) is 1. The van der Waals surface area contributed by atoms with Crippen LogP contribution in [0.5, 0.6) is 0 Å². The molecule has 0 radical (unpaired) electrons. The quantitative estimate of drug-likeness (QED) is 0.463. The van der Waals surface area contributed by atoms with Crippen molar-refractivity contribution in [3.05, 3.63) is 0 Å². The Labute approximate surface area is 83.0 Å². The van der Waals surface area contributed by atoms with Crippen LogP contribution < -0.4 is 0 Å². The Morgan fingerprint density at radius 1 is 1.29 bits per heavy atom. The fourth-order valence-corrected chi connectivity index (χ4v) is 0.772. The number of Topliss-reactive ketones (excluding diaryl/α,β-unsaturated/α-hetero) is 1. The van der Waals surface area contributed by atoms with E-state index in [1.807, 2.05) is 0 Å². The van der Waals surface area contributed by atoms with E-state index >= 15 is 0 Å². The summed E-state index contributed by atoms with van der Waals surface area (Å²) in [4.78, 5) is 33.6. The highest BCUT2D eigenvalue weighted by Crippen LogP contribution is 1.90. The number of carbonyl (C=O) groups is 3. The van der Waals surface area contributed by atoms with Gasteiger partial charge >= 0.3 is 5.97 Å². The highest BCUT2D eigenvalue weighted by molar-refractivity contribution is 6.32. The molecule has 0 N–H and O–H groups in total. The lowest BCUT2D eigenvalue weighted by atomic mass is 10.4. The van der Waals surface area contributed by atoms with E-state index in [4.69, 9.17) is 0 Å². The third-order valence-electron chi connectivity index (χ3n) is 1.68. The van der Waals surface area contributed by atoms with Gasteiger partial charge in [0.05, 0.1) is 6.54 Å². The summed E-state index contributed by atoms with van der Waals surface area (Å²) in [7, 11) is 1.62. The lowest BCUT2D eigenvalue weighted by Gasteiger charge is -2.15. The van der Waals surface area contributed by atoms with Crippen LogP contribution in [-0.4, -0.2) is 42.8 Å². The number of hydrogen-bond acceptors (Lipinski definition) is 4. The molecule has 5 heteroatoms. The minimum atomic E-state index is -0.859. The largest absolute Gasteiger partial charge is 0.458 e. The van der Waals surface area contributed by atoms with E-state index in [0.717, 1.165) is 6.92 Å². The van der Waals surface area contributed by atoms with Crippen molar-refractivity contribution in [1.29, 1.82) is 0 Å². The van der Waals surface area contributed by atoms with Crippen LogP contribution in [0.25, 0.3) is 0 Å². The number of nitrogens with zero attached hydrogens (tertiary/aromatic N) is 1. The summed E-state index contributed by atoms with van der Waals surface area (Å²) in [6.07, 6.45) is 0.414. The summed E-state index contributed by atoms with van der Waals surface area (Å²) in [5.41, 5.74) is 0. The molecule has 0 fully saturated rings. The van der Waals surface area contributed by atoms with Crippen LogP contribution in [0.3, 0.4) is 0 Å². The van der Waals surface area contributed by atoms with Gasteiger partial charge < -0.3 is 9.64 Å². The molecule has 0 atom stereocenters. The zero-order chi connectivity index (χ0) is 11.1. The maximum atomic E-state index is 11.0. The van der Waals surface area contributed by atoms with Gasteiger partial charge in [0.1, 0.15) is 6.61 Å². The molecule has 80 valence electrons. The number of ether oxygens (including phenoxy) is 1. The smallest absolute Gasteiger partial charge is 0.374 e. The van der Waals surface area contributed by atoms with Crippen molar-refractivity contribution in [2.24, 2.45) is 0 Å². The Kier molecular flexibility index (Phi) is 5.52. The second-order valence-electron chi connectivity index (χ2n) is 2.86. The summed E-state index contributed by atoms with van der Waals surface area (Å²) in [6, 6.07) is 0. The van der Waals surface area contributed by atoms with Crippen LogP contribution in [0.1, 0.15) is 20.3 Å². The zero-order valence-corrected chi connectivity index (χ0v) is 8.70. The molecule has 0 saturated heterocycles. The average molecular weight is 201 g/mol. The number of hydrogen-bond donors (Lipinski definition) is 0. The van der Waals surface area contributed by atoms with E-state index < -0.39 is 11.8 Å². The minimum Gasteiger partial charge on any atom is -0.458 e. The van der Waals surface area contributed by atoms with Crippen LogP contribution in [-0.2, 0) is 19.1 Å². The molecule has 1 amide bonds. The van der Waals surface area contributed by atoms with E-state index in [0.29, 0.717) is 13.0 Å². The van der Waals surface area contributed by atoms with Crippen LogP contribution in [0.4, 0.5) is 0 Å². The number of ketones is 1. The van der Waals surface area contributed by atoms with Crippen molar-refractivity contribution in [2.75, 3.05) is 20.2 Å². The summed E-state index contributed by atoms with van der Waals surface area (Å²) in [5.74, 6) is -1.51. The highest BCUT2D eigenvalue weighted by Gasteiger charge is 2.10. The summed E-state index contributed by atoms with van der Waals surface area (Å²) >= 11 is 0. The van der Waals surface area contributed by atoms with E-state index in [1.54, 1.807) is 14.0 Å². The molecule has 0 aromatic rings. The molecule has 0 rings (SSSR count). The molecule has 0 heterocycles. The van der Waals surface area contributed by atoms with Crippen LogP contribution in [0, 0.1) is 0 Å². The SMILES string of the molecule is CCC(=O)N(C)CCOC(=O)C(C)=O. The van der Waals surface area contributed by atoms with Gasteiger partial charge in [0, 0.05) is 20.4 Å². The first-order valence-corrected chi connectivity index (χ1v) is 4.40. The van der Waals surface area contributed by atoms with E-state index in [1.165, 1.54) is 4.90 Å². The Morgan fingerprint density at radius 2 is 1.86 bits per heavy atom. The molecular formula is C9H15NO4. The lowest BCUT2D eigenvalue weighted by Crippen LogP contribution is -2.30. The van der Waals surface area contributed by atoms with Gasteiger partial charge in [-0.25, -0.2) is 4.79 Å². The zero-order valence-electron chi connectivity index (χ0n) is 8.70. The first-order chi connectivity index (χ1) is 6.49. The van der Waals surface area contributed by atoms with Crippen molar-refractivity contribution >= 4 is 17.7 Å². The molecule has 5 nitrogen and oxygen atoms in total. The highest BCUT2D eigenvalue weighted by atomic mass is 16.5. The molecule has 0 aromatic carbocycles. The normalized spacial score (nSPS) is 9.36. The fourth-order valence-electron chi connectivity index (χ4n) is 0.772. The van der Waals surface area contributed by atoms with Crippen LogP contribution in [0.2, 0.25) is 0 Å². The maximum Gasteiger partial charge on any atom is 0.374 e. The second-order valence-corrected chi connectivity index (χ2v) is 2.86. The summed E-state index contributed by atoms with van der Waals surface area (Å²) < 4.78 is 4.59. The van der Waals surface area contributed by atoms with Gasteiger partial charge in [-0.2, -0.15) is 0 Å². The van der Waals surface area contributed by atoms with Crippen molar-refractivity contribution in [3.8, 4) is 0 Å². The van der Waals surface area contributed by atoms with Crippen molar-refractivity contribution in [3.63, 3.8) is 0 Å². The molecule has 0 unspecified atom stereocenters. The number of esters is 1. The molecule has 0 aromatic heterocycles. The van der Waals surface area contributed by atoms with E-state index in [2.05, 4.69) is 4.74 Å². The minimum absolute atomic E-state index is 0.0242. The van der Waals surface area contributed by atoms with Gasteiger partial charge in [0.25, 0.3) is 0 Å². The lowest BCUT2D eigenvalue weighted by molar-refractivity contribution is -0.153. The van der Waals surface area contributed by atoms with Gasteiger partial charge in [-0.15, -0.1) is 0 Å². The third kappa shape index (κ3) is 4.59. The molecule has 0 aliphatic carbocycles. The van der Waals surface area contributed by atoms with Crippen LogP contribution >= 0.6 is 0 Å². The van der Waals surface area contributed by atoms with E-state index in [9.17, 15) is 14.4 Å². The molecule has 0 aliphatic rings. The Morgan fingerprint density at radius 3 is 2.29 bits per heavy atom. The monoisotopic (exact) mass is 201 g/mol. The standard InChI is InChI=1S/C9H15NO4/c1-4-8(12)10(3)5-6-14-9(13)7(2)11/h4-6H2,1-3H3. The first-order valence-electron chi connectivity index (χ1n) is 4.40. The van der Waals surface area contributed by atoms with E-state index in [-0.39, 0.29) is 12.5 Å². The average Bonchev–Trinajstić information content (AvgIpc) is 2.15. The molecule has 0 saturated carbocycles.